The molecule has 2 rings (SSSR count). The van der Waals surface area contributed by atoms with Crippen molar-refractivity contribution in [3.63, 3.8) is 0 Å². The third-order valence-corrected chi connectivity index (χ3v) is 2.30. The van der Waals surface area contributed by atoms with E-state index in [2.05, 4.69) is 20.5 Å². The second-order valence-corrected chi connectivity index (χ2v) is 3.52. The summed E-state index contributed by atoms with van der Waals surface area (Å²) in [7, 11) is 0. The first-order chi connectivity index (χ1) is 8.68. The number of aromatic amines is 1. The molecule has 2 heterocycles. The maximum absolute atomic E-state index is 11.8. The zero-order valence-corrected chi connectivity index (χ0v) is 9.25. The molecule has 7 heteroatoms. The van der Waals surface area contributed by atoms with Crippen molar-refractivity contribution in [3.05, 3.63) is 47.5 Å². The first-order valence-corrected chi connectivity index (χ1v) is 5.11. The number of amides is 1. The van der Waals surface area contributed by atoms with Crippen molar-refractivity contribution in [1.82, 2.24) is 20.5 Å². The number of carboxylic acid groups (broad SMARTS) is 1. The molecule has 0 saturated carbocycles. The van der Waals surface area contributed by atoms with Gasteiger partial charge >= 0.3 is 5.97 Å². The molecule has 0 unspecified atom stereocenters. The minimum absolute atomic E-state index is 0.0843. The van der Waals surface area contributed by atoms with Gasteiger partial charge in [-0.25, -0.2) is 4.79 Å². The van der Waals surface area contributed by atoms with Gasteiger partial charge in [-0.15, -0.1) is 0 Å². The van der Waals surface area contributed by atoms with Crippen molar-refractivity contribution >= 4 is 11.9 Å². The molecule has 7 nitrogen and oxygen atoms in total. The number of carbonyl (C=O) groups is 2. The van der Waals surface area contributed by atoms with Crippen LogP contribution in [0.25, 0.3) is 0 Å². The van der Waals surface area contributed by atoms with Gasteiger partial charge in [0.25, 0.3) is 5.91 Å². The highest BCUT2D eigenvalue weighted by atomic mass is 16.4. The first kappa shape index (κ1) is 11.8. The van der Waals surface area contributed by atoms with Crippen LogP contribution in [0.4, 0.5) is 0 Å². The predicted molar refractivity (Wildman–Crippen MR) is 61.0 cm³/mol. The van der Waals surface area contributed by atoms with E-state index in [1.165, 1.54) is 12.3 Å². The van der Waals surface area contributed by atoms with E-state index >= 15 is 0 Å². The molecule has 0 aliphatic rings. The summed E-state index contributed by atoms with van der Waals surface area (Å²) in [5, 5.41) is 17.9. The number of carboxylic acids is 1. The van der Waals surface area contributed by atoms with Crippen LogP contribution in [0.15, 0.2) is 30.9 Å². The van der Waals surface area contributed by atoms with Crippen molar-refractivity contribution < 1.29 is 14.7 Å². The third-order valence-electron chi connectivity index (χ3n) is 2.30. The molecular weight excluding hydrogens is 236 g/mol. The summed E-state index contributed by atoms with van der Waals surface area (Å²) >= 11 is 0. The molecule has 0 spiro atoms. The standard InChI is InChI=1S/C11H10N4O3/c16-10(13-3-7-4-14-15-5-7)8-1-2-12-6-9(8)11(17)18/h1-2,4-6H,3H2,(H,13,16)(H,14,15)(H,17,18). The van der Waals surface area contributed by atoms with Crippen molar-refractivity contribution in [2.75, 3.05) is 0 Å². The van der Waals surface area contributed by atoms with Gasteiger partial charge in [0.1, 0.15) is 0 Å². The monoisotopic (exact) mass is 246 g/mol. The lowest BCUT2D eigenvalue weighted by molar-refractivity contribution is 0.0690. The van der Waals surface area contributed by atoms with Crippen LogP contribution >= 0.6 is 0 Å². The number of nitrogens with zero attached hydrogens (tertiary/aromatic N) is 2. The lowest BCUT2D eigenvalue weighted by Gasteiger charge is -2.05. The highest BCUT2D eigenvalue weighted by molar-refractivity contribution is 6.04. The number of H-pyrrole nitrogens is 1. The summed E-state index contributed by atoms with van der Waals surface area (Å²) in [6.45, 7) is 0.275. The van der Waals surface area contributed by atoms with E-state index in [4.69, 9.17) is 5.11 Å². The first-order valence-electron chi connectivity index (χ1n) is 5.11. The molecule has 0 fully saturated rings. The quantitative estimate of drug-likeness (QED) is 0.725. The van der Waals surface area contributed by atoms with Gasteiger partial charge in [0, 0.05) is 30.7 Å². The van der Waals surface area contributed by atoms with Crippen LogP contribution in [-0.4, -0.2) is 32.2 Å². The van der Waals surface area contributed by atoms with Gasteiger partial charge in [-0.1, -0.05) is 0 Å². The van der Waals surface area contributed by atoms with Crippen molar-refractivity contribution in [3.8, 4) is 0 Å². The molecule has 2 aromatic rings. The molecule has 0 bridgehead atoms. The summed E-state index contributed by atoms with van der Waals surface area (Å²) in [5.41, 5.74) is 0.762. The summed E-state index contributed by atoms with van der Waals surface area (Å²) in [5.74, 6) is -1.65. The average Bonchev–Trinajstić information content (AvgIpc) is 2.89. The summed E-state index contributed by atoms with van der Waals surface area (Å²) in [4.78, 5) is 26.4. The highest BCUT2D eigenvalue weighted by Gasteiger charge is 2.15. The topological polar surface area (TPSA) is 108 Å². The molecule has 0 aromatic carbocycles. The van der Waals surface area contributed by atoms with E-state index in [1.807, 2.05) is 0 Å². The molecule has 1 amide bonds. The van der Waals surface area contributed by atoms with E-state index in [-0.39, 0.29) is 17.7 Å². The average molecular weight is 246 g/mol. The maximum Gasteiger partial charge on any atom is 0.338 e. The van der Waals surface area contributed by atoms with Gasteiger partial charge in [0.2, 0.25) is 0 Å². The second kappa shape index (κ2) is 5.09. The molecule has 0 aliphatic carbocycles. The second-order valence-electron chi connectivity index (χ2n) is 3.52. The van der Waals surface area contributed by atoms with E-state index in [9.17, 15) is 9.59 Å². The summed E-state index contributed by atoms with van der Waals surface area (Å²) < 4.78 is 0. The molecule has 18 heavy (non-hydrogen) atoms. The van der Waals surface area contributed by atoms with Gasteiger partial charge in [-0.2, -0.15) is 5.10 Å². The zero-order chi connectivity index (χ0) is 13.0. The van der Waals surface area contributed by atoms with Gasteiger partial charge < -0.3 is 10.4 Å². The Bertz CT molecular complexity index is 565. The lowest BCUT2D eigenvalue weighted by Crippen LogP contribution is -2.24. The Kier molecular flexibility index (Phi) is 3.33. The molecule has 0 saturated heterocycles. The van der Waals surface area contributed by atoms with Crippen molar-refractivity contribution in [2.24, 2.45) is 0 Å². The largest absolute Gasteiger partial charge is 0.478 e. The Morgan fingerprint density at radius 3 is 2.83 bits per heavy atom. The lowest BCUT2D eigenvalue weighted by atomic mass is 10.1. The van der Waals surface area contributed by atoms with E-state index in [1.54, 1.807) is 12.4 Å². The minimum atomic E-state index is -1.18. The van der Waals surface area contributed by atoms with Crippen molar-refractivity contribution in [1.29, 1.82) is 0 Å². The van der Waals surface area contributed by atoms with Crippen molar-refractivity contribution in [2.45, 2.75) is 6.54 Å². The van der Waals surface area contributed by atoms with Gasteiger partial charge in [0.05, 0.1) is 17.3 Å². The number of rotatable bonds is 4. The van der Waals surface area contributed by atoms with Crippen LogP contribution in [0, 0.1) is 0 Å². The molecule has 0 radical (unpaired) electrons. The number of hydrogen-bond donors (Lipinski definition) is 3. The number of aromatic carboxylic acids is 1. The van der Waals surface area contributed by atoms with E-state index in [0.717, 1.165) is 11.8 Å². The fourth-order valence-corrected chi connectivity index (χ4v) is 1.41. The summed E-state index contributed by atoms with van der Waals surface area (Å²) in [6.07, 6.45) is 5.74. The van der Waals surface area contributed by atoms with Crippen LogP contribution in [-0.2, 0) is 6.54 Å². The fraction of sp³-hybridized carbons (Fsp3) is 0.0909. The van der Waals surface area contributed by atoms with Crippen LogP contribution in [0.3, 0.4) is 0 Å². The molecule has 0 aliphatic heterocycles. The van der Waals surface area contributed by atoms with Crippen LogP contribution in [0.2, 0.25) is 0 Å². The zero-order valence-electron chi connectivity index (χ0n) is 9.25. The normalized spacial score (nSPS) is 10.0. The SMILES string of the molecule is O=C(O)c1cnccc1C(=O)NCc1cn[nH]c1. The Balaban J connectivity index is 2.11. The smallest absolute Gasteiger partial charge is 0.338 e. The summed E-state index contributed by atoms with van der Waals surface area (Å²) in [6, 6.07) is 1.37. The predicted octanol–water partition coefficient (Wildman–Crippen LogP) is 0.433. The van der Waals surface area contributed by atoms with E-state index in [0.29, 0.717) is 0 Å². The van der Waals surface area contributed by atoms with Gasteiger partial charge in [-0.3, -0.25) is 14.9 Å². The fourth-order valence-electron chi connectivity index (χ4n) is 1.41. The van der Waals surface area contributed by atoms with Gasteiger partial charge in [0.15, 0.2) is 0 Å². The van der Waals surface area contributed by atoms with Gasteiger partial charge in [-0.05, 0) is 6.07 Å². The van der Waals surface area contributed by atoms with Crippen LogP contribution in [0.1, 0.15) is 26.3 Å². The highest BCUT2D eigenvalue weighted by Crippen LogP contribution is 2.07. The maximum atomic E-state index is 11.8. The molecule has 92 valence electrons. The Hall–Kier alpha value is -2.70. The molecule has 0 atom stereocenters. The van der Waals surface area contributed by atoms with Crippen LogP contribution in [0.5, 0.6) is 0 Å². The number of pyridine rings is 1. The number of hydrogen-bond acceptors (Lipinski definition) is 4. The minimum Gasteiger partial charge on any atom is -0.478 e. The Labute approximate surface area is 102 Å². The molecular formula is C11H10N4O3. The Morgan fingerprint density at radius 2 is 2.17 bits per heavy atom. The third kappa shape index (κ3) is 2.51. The molecule has 3 N–H and O–H groups in total. The Morgan fingerprint density at radius 1 is 1.33 bits per heavy atom. The number of carbonyl (C=O) groups excluding carboxylic acids is 1. The number of aromatic nitrogens is 3. The molecule has 2 aromatic heterocycles. The van der Waals surface area contributed by atoms with Crippen LogP contribution < -0.4 is 5.32 Å². The van der Waals surface area contributed by atoms with E-state index < -0.39 is 11.9 Å². The number of nitrogens with one attached hydrogen (secondary N) is 2.